The molecular weight excluding hydrogens is 272 g/mol. The van der Waals surface area contributed by atoms with Gasteiger partial charge in [-0.2, -0.15) is 5.10 Å². The van der Waals surface area contributed by atoms with Crippen LogP contribution < -0.4 is 0 Å². The van der Waals surface area contributed by atoms with Crippen molar-refractivity contribution < 1.29 is 5.11 Å². The fraction of sp³-hybridized carbons (Fsp3) is 0.438. The van der Waals surface area contributed by atoms with Crippen LogP contribution in [0.15, 0.2) is 12.1 Å². The predicted molar refractivity (Wildman–Crippen MR) is 82.7 cm³/mol. The van der Waals surface area contributed by atoms with Gasteiger partial charge >= 0.3 is 0 Å². The van der Waals surface area contributed by atoms with Crippen molar-refractivity contribution in [1.82, 2.24) is 9.78 Å². The molecule has 0 radical (unpaired) electrons. The second-order valence-corrected chi connectivity index (χ2v) is 5.64. The van der Waals surface area contributed by atoms with Crippen molar-refractivity contribution in [3.63, 3.8) is 0 Å². The van der Waals surface area contributed by atoms with Crippen LogP contribution in [0.5, 0.6) is 0 Å². The first kappa shape index (κ1) is 15.1. The summed E-state index contributed by atoms with van der Waals surface area (Å²) in [6.45, 7) is 8.22. The molecule has 0 atom stereocenters. The first-order valence-electron chi connectivity index (χ1n) is 6.94. The highest BCUT2D eigenvalue weighted by atomic mass is 35.5. The van der Waals surface area contributed by atoms with Crippen molar-refractivity contribution in [2.45, 2.75) is 47.1 Å². The van der Waals surface area contributed by atoms with Gasteiger partial charge in [0.25, 0.3) is 0 Å². The highest BCUT2D eigenvalue weighted by Gasteiger charge is 2.18. The second kappa shape index (κ2) is 5.98. The summed E-state index contributed by atoms with van der Waals surface area (Å²) in [7, 11) is 0. The minimum absolute atomic E-state index is 0.0713. The number of aliphatic hydroxyl groups is 1. The van der Waals surface area contributed by atoms with Crippen molar-refractivity contribution in [1.29, 1.82) is 0 Å². The number of benzene rings is 1. The Labute approximate surface area is 125 Å². The van der Waals surface area contributed by atoms with Gasteiger partial charge in [0.1, 0.15) is 5.15 Å². The highest BCUT2D eigenvalue weighted by molar-refractivity contribution is 6.30. The Morgan fingerprint density at radius 3 is 2.30 bits per heavy atom. The molecule has 0 unspecified atom stereocenters. The lowest BCUT2D eigenvalue weighted by Crippen LogP contribution is -2.03. The third kappa shape index (κ3) is 2.60. The number of halogens is 1. The van der Waals surface area contributed by atoms with Crippen LogP contribution in [-0.4, -0.2) is 14.9 Å². The molecule has 0 saturated carbocycles. The Morgan fingerprint density at radius 2 is 1.80 bits per heavy atom. The van der Waals surface area contributed by atoms with Crippen molar-refractivity contribution in [3.05, 3.63) is 45.2 Å². The number of hydrogen-bond acceptors (Lipinski definition) is 2. The average Bonchev–Trinajstić information content (AvgIpc) is 2.65. The lowest BCUT2D eigenvalue weighted by Gasteiger charge is -2.12. The highest BCUT2D eigenvalue weighted by Crippen LogP contribution is 2.28. The third-order valence-corrected chi connectivity index (χ3v) is 3.88. The van der Waals surface area contributed by atoms with Gasteiger partial charge in [0.05, 0.1) is 18.0 Å². The number of aliphatic hydroxyl groups excluding tert-OH is 1. The van der Waals surface area contributed by atoms with Gasteiger partial charge in [0, 0.05) is 5.56 Å². The number of aromatic nitrogens is 2. The molecule has 0 aliphatic carbocycles. The smallest absolute Gasteiger partial charge is 0.138 e. The van der Waals surface area contributed by atoms with Gasteiger partial charge < -0.3 is 5.11 Å². The molecule has 1 N–H and O–H groups in total. The quantitative estimate of drug-likeness (QED) is 0.928. The van der Waals surface area contributed by atoms with Crippen LogP contribution in [0.25, 0.3) is 5.69 Å². The fourth-order valence-corrected chi connectivity index (χ4v) is 3.01. The molecule has 2 aromatic rings. The monoisotopic (exact) mass is 292 g/mol. The normalized spacial score (nSPS) is 11.1. The SMILES string of the molecule is CCCc1nn(-c2c(C)cc(C)cc2C)c(Cl)c1CO. The Morgan fingerprint density at radius 1 is 1.20 bits per heavy atom. The fourth-order valence-electron chi connectivity index (χ4n) is 2.72. The molecule has 0 aliphatic heterocycles. The van der Waals surface area contributed by atoms with E-state index in [1.54, 1.807) is 4.68 Å². The molecular formula is C16H21ClN2O. The zero-order chi connectivity index (χ0) is 14.9. The van der Waals surface area contributed by atoms with Gasteiger partial charge in [0.2, 0.25) is 0 Å². The van der Waals surface area contributed by atoms with E-state index >= 15 is 0 Å². The van der Waals surface area contributed by atoms with Gasteiger partial charge in [-0.05, 0) is 38.3 Å². The first-order chi connectivity index (χ1) is 9.49. The molecule has 1 aromatic heterocycles. The van der Waals surface area contributed by atoms with Gasteiger partial charge in [-0.3, -0.25) is 0 Å². The van der Waals surface area contributed by atoms with E-state index in [1.165, 1.54) is 5.56 Å². The molecule has 0 amide bonds. The van der Waals surface area contributed by atoms with E-state index in [-0.39, 0.29) is 6.61 Å². The summed E-state index contributed by atoms with van der Waals surface area (Å²) < 4.78 is 1.77. The summed E-state index contributed by atoms with van der Waals surface area (Å²) in [5.41, 5.74) is 6.15. The zero-order valence-electron chi connectivity index (χ0n) is 12.5. The molecule has 1 heterocycles. The molecule has 2 rings (SSSR count). The van der Waals surface area contributed by atoms with Crippen molar-refractivity contribution in [2.24, 2.45) is 0 Å². The Kier molecular flexibility index (Phi) is 4.51. The number of nitrogens with zero attached hydrogens (tertiary/aromatic N) is 2. The van der Waals surface area contributed by atoms with Crippen LogP contribution in [0.3, 0.4) is 0 Å². The summed E-state index contributed by atoms with van der Waals surface area (Å²) in [6, 6.07) is 4.25. The number of aryl methyl sites for hydroxylation is 4. The molecule has 20 heavy (non-hydrogen) atoms. The van der Waals surface area contributed by atoms with Crippen LogP contribution in [0, 0.1) is 20.8 Å². The van der Waals surface area contributed by atoms with Crippen LogP contribution in [0.2, 0.25) is 5.15 Å². The molecule has 4 heteroatoms. The van der Waals surface area contributed by atoms with E-state index < -0.39 is 0 Å². The van der Waals surface area contributed by atoms with Crippen LogP contribution in [-0.2, 0) is 13.0 Å². The molecule has 0 fully saturated rings. The number of hydrogen-bond donors (Lipinski definition) is 1. The molecule has 0 bridgehead atoms. The summed E-state index contributed by atoms with van der Waals surface area (Å²) in [6.07, 6.45) is 1.80. The summed E-state index contributed by atoms with van der Waals surface area (Å²) in [5.74, 6) is 0. The average molecular weight is 293 g/mol. The summed E-state index contributed by atoms with van der Waals surface area (Å²) in [4.78, 5) is 0. The standard InChI is InChI=1S/C16H21ClN2O/c1-5-6-14-13(9-20)16(17)19(18-14)15-11(3)7-10(2)8-12(15)4/h7-8,20H,5-6,9H2,1-4H3. The van der Waals surface area contributed by atoms with Crippen LogP contribution >= 0.6 is 11.6 Å². The molecule has 0 spiro atoms. The lowest BCUT2D eigenvalue weighted by molar-refractivity contribution is 0.280. The number of rotatable bonds is 4. The maximum absolute atomic E-state index is 9.53. The maximum Gasteiger partial charge on any atom is 0.138 e. The Bertz CT molecular complexity index is 609. The Balaban J connectivity index is 2.64. The van der Waals surface area contributed by atoms with E-state index in [1.807, 2.05) is 0 Å². The van der Waals surface area contributed by atoms with Crippen LogP contribution in [0.1, 0.15) is 41.3 Å². The van der Waals surface area contributed by atoms with E-state index in [9.17, 15) is 5.11 Å². The predicted octanol–water partition coefficient (Wildman–Crippen LogP) is 3.90. The Hall–Kier alpha value is -1.32. The van der Waals surface area contributed by atoms with E-state index in [0.29, 0.717) is 5.15 Å². The van der Waals surface area contributed by atoms with Crippen LogP contribution in [0.4, 0.5) is 0 Å². The second-order valence-electron chi connectivity index (χ2n) is 5.28. The van der Waals surface area contributed by atoms with Crippen molar-refractivity contribution in [2.75, 3.05) is 0 Å². The van der Waals surface area contributed by atoms with Gasteiger partial charge in [-0.15, -0.1) is 0 Å². The maximum atomic E-state index is 9.53. The third-order valence-electron chi connectivity index (χ3n) is 3.50. The first-order valence-corrected chi connectivity index (χ1v) is 7.32. The largest absolute Gasteiger partial charge is 0.391 e. The molecule has 0 aliphatic rings. The summed E-state index contributed by atoms with van der Waals surface area (Å²) in [5, 5.41) is 14.7. The topological polar surface area (TPSA) is 38.0 Å². The van der Waals surface area contributed by atoms with Crippen molar-refractivity contribution >= 4 is 11.6 Å². The molecule has 108 valence electrons. The van der Waals surface area contributed by atoms with Gasteiger partial charge in [0.15, 0.2) is 0 Å². The zero-order valence-corrected chi connectivity index (χ0v) is 13.3. The van der Waals surface area contributed by atoms with E-state index in [2.05, 4.69) is 44.9 Å². The minimum atomic E-state index is -0.0713. The summed E-state index contributed by atoms with van der Waals surface area (Å²) >= 11 is 6.42. The molecule has 3 nitrogen and oxygen atoms in total. The lowest BCUT2D eigenvalue weighted by atomic mass is 10.1. The van der Waals surface area contributed by atoms with Gasteiger partial charge in [-0.25, -0.2) is 4.68 Å². The molecule has 1 aromatic carbocycles. The molecule has 0 saturated heterocycles. The van der Waals surface area contributed by atoms with E-state index in [0.717, 1.165) is 40.9 Å². The van der Waals surface area contributed by atoms with Crippen molar-refractivity contribution in [3.8, 4) is 5.69 Å². The van der Waals surface area contributed by atoms with Gasteiger partial charge in [-0.1, -0.05) is 42.6 Å². The minimum Gasteiger partial charge on any atom is -0.391 e. The van der Waals surface area contributed by atoms with E-state index in [4.69, 9.17) is 11.6 Å².